The van der Waals surface area contributed by atoms with E-state index in [1.165, 1.54) is 16.3 Å². The molecule has 0 spiro atoms. The van der Waals surface area contributed by atoms with Gasteiger partial charge in [-0.25, -0.2) is 0 Å². The molecule has 0 aliphatic carbocycles. The topological polar surface area (TPSA) is 15.3 Å². The molecule has 0 amide bonds. The van der Waals surface area contributed by atoms with E-state index in [-0.39, 0.29) is 0 Å². The molecule has 0 radical (unpaired) electrons. The Balaban J connectivity index is 1.87. The lowest BCUT2D eigenvalue weighted by Crippen LogP contribution is -2.30. The molecule has 1 aliphatic rings. The van der Waals surface area contributed by atoms with Crippen LogP contribution in [0.3, 0.4) is 0 Å². The third-order valence-electron chi connectivity index (χ3n) is 3.00. The van der Waals surface area contributed by atoms with Gasteiger partial charge in [0.15, 0.2) is 0 Å². The Morgan fingerprint density at radius 2 is 2.00 bits per heavy atom. The number of hydrogen-bond donors (Lipinski definition) is 1. The van der Waals surface area contributed by atoms with Crippen LogP contribution in [0, 0.1) is 12.1 Å². The van der Waals surface area contributed by atoms with Gasteiger partial charge >= 0.3 is 0 Å². The van der Waals surface area contributed by atoms with Crippen LogP contribution >= 0.6 is 0 Å². The van der Waals surface area contributed by atoms with Gasteiger partial charge in [-0.3, -0.25) is 0 Å². The van der Waals surface area contributed by atoms with Crippen molar-refractivity contribution in [2.45, 2.75) is 6.54 Å². The molecule has 0 atom stereocenters. The van der Waals surface area contributed by atoms with E-state index in [1.807, 2.05) is 0 Å². The van der Waals surface area contributed by atoms with Gasteiger partial charge in [0.05, 0.1) is 6.54 Å². The minimum absolute atomic E-state index is 0.902. The van der Waals surface area contributed by atoms with Crippen LogP contribution in [-0.2, 0) is 6.54 Å². The Bertz CT molecular complexity index is 592. The monoisotopic (exact) mass is 222 g/mol. The van der Waals surface area contributed by atoms with Gasteiger partial charge in [0, 0.05) is 25.2 Å². The van der Waals surface area contributed by atoms with Crippen molar-refractivity contribution in [3.63, 3.8) is 0 Å². The molecule has 1 heterocycles. The van der Waals surface area contributed by atoms with Crippen molar-refractivity contribution in [2.24, 2.45) is 0 Å². The highest BCUT2D eigenvalue weighted by atomic mass is 15.1. The van der Waals surface area contributed by atoms with Gasteiger partial charge in [0.1, 0.15) is 0 Å². The molecule has 2 nitrogen and oxygen atoms in total. The lowest BCUT2D eigenvalue weighted by Gasteiger charge is -2.20. The van der Waals surface area contributed by atoms with E-state index in [0.29, 0.717) is 0 Å². The van der Waals surface area contributed by atoms with Crippen LogP contribution < -0.4 is 5.32 Å². The van der Waals surface area contributed by atoms with E-state index in [1.54, 1.807) is 0 Å². The lowest BCUT2D eigenvalue weighted by molar-refractivity contribution is 0.383. The van der Waals surface area contributed by atoms with Gasteiger partial charge in [-0.2, -0.15) is 0 Å². The summed E-state index contributed by atoms with van der Waals surface area (Å²) in [5.41, 5.74) is 1.32. The maximum Gasteiger partial charge on any atom is 0.0512 e. The minimum atomic E-state index is 0.902. The molecule has 84 valence electrons. The second kappa shape index (κ2) is 4.39. The van der Waals surface area contributed by atoms with Gasteiger partial charge in [-0.15, -0.1) is 0 Å². The van der Waals surface area contributed by atoms with Gasteiger partial charge in [-0.05, 0) is 22.4 Å². The largest absolute Gasteiger partial charge is 0.343 e. The van der Waals surface area contributed by atoms with Crippen LogP contribution in [0.2, 0.25) is 0 Å². The van der Waals surface area contributed by atoms with Crippen LogP contribution in [0.4, 0.5) is 0 Å². The highest BCUT2D eigenvalue weighted by Gasteiger charge is 2.04. The summed E-state index contributed by atoms with van der Waals surface area (Å²) in [5, 5.41) is 5.62. The summed E-state index contributed by atoms with van der Waals surface area (Å²) >= 11 is 0. The summed E-state index contributed by atoms with van der Waals surface area (Å²) in [5.74, 6) is 0. The Hall–Kier alpha value is -2.14. The molecule has 2 heteroatoms. The van der Waals surface area contributed by atoms with E-state index >= 15 is 0 Å². The Kier molecular flexibility index (Phi) is 2.59. The zero-order valence-corrected chi connectivity index (χ0v) is 9.61. The first-order valence-corrected chi connectivity index (χ1v) is 5.88. The van der Waals surface area contributed by atoms with Crippen LogP contribution in [0.1, 0.15) is 5.56 Å². The van der Waals surface area contributed by atoms with E-state index in [0.717, 1.165) is 19.6 Å². The van der Waals surface area contributed by atoms with Crippen LogP contribution in [-0.4, -0.2) is 18.0 Å². The fourth-order valence-corrected chi connectivity index (χ4v) is 2.10. The summed E-state index contributed by atoms with van der Waals surface area (Å²) in [7, 11) is 0. The first-order valence-electron chi connectivity index (χ1n) is 5.88. The zero-order valence-electron chi connectivity index (χ0n) is 9.61. The van der Waals surface area contributed by atoms with Gasteiger partial charge in [0.2, 0.25) is 0 Å². The molecule has 0 unspecified atom stereocenters. The Morgan fingerprint density at radius 3 is 2.82 bits per heavy atom. The minimum Gasteiger partial charge on any atom is -0.343 e. The van der Waals surface area contributed by atoms with E-state index < -0.39 is 0 Å². The first kappa shape index (κ1) is 10.0. The molecule has 0 fully saturated rings. The number of nitrogens with zero attached hydrogens (tertiary/aromatic N) is 1. The molecule has 0 bridgehead atoms. The van der Waals surface area contributed by atoms with Crippen molar-refractivity contribution in [2.75, 3.05) is 13.1 Å². The van der Waals surface area contributed by atoms with Gasteiger partial charge in [-0.1, -0.05) is 36.4 Å². The molecule has 3 rings (SSSR count). The molecule has 17 heavy (non-hydrogen) atoms. The number of hydrogen-bond acceptors (Lipinski definition) is 2. The summed E-state index contributed by atoms with van der Waals surface area (Å²) in [4.78, 5) is 2.15. The normalized spacial score (nSPS) is 14.0. The summed E-state index contributed by atoms with van der Waals surface area (Å²) in [6.45, 7) is 2.83. The molecule has 0 aromatic heterocycles. The van der Waals surface area contributed by atoms with Crippen molar-refractivity contribution in [1.29, 1.82) is 0 Å². The molecule has 0 saturated carbocycles. The SMILES string of the molecule is C1#CN(Cc2ccc3ccccc3c2)CCN1. The van der Waals surface area contributed by atoms with Crippen LogP contribution in [0.15, 0.2) is 42.5 Å². The average molecular weight is 222 g/mol. The fourth-order valence-electron chi connectivity index (χ4n) is 2.10. The maximum absolute atomic E-state index is 3.09. The Labute approximate surface area is 101 Å². The summed E-state index contributed by atoms with van der Waals surface area (Å²) < 4.78 is 0. The molecule has 1 aliphatic heterocycles. The van der Waals surface area contributed by atoms with E-state index in [2.05, 4.69) is 64.8 Å². The third kappa shape index (κ3) is 2.19. The standard InChI is InChI=1S/C15H14N2/c1-2-4-15-11-13(5-6-14(15)3-1)12-17-9-7-16-8-10-17/h1-6,11,16H,7,9,12H2. The third-order valence-corrected chi connectivity index (χ3v) is 3.00. The Morgan fingerprint density at radius 1 is 1.12 bits per heavy atom. The fraction of sp³-hybridized carbons (Fsp3) is 0.200. The molecule has 2 aromatic carbocycles. The summed E-state index contributed by atoms with van der Waals surface area (Å²) in [6, 6.07) is 21.1. The second-order valence-corrected chi connectivity index (χ2v) is 4.27. The number of benzene rings is 2. The molecule has 1 N–H and O–H groups in total. The van der Waals surface area contributed by atoms with Crippen LogP contribution in [0.5, 0.6) is 0 Å². The second-order valence-electron chi connectivity index (χ2n) is 4.27. The quantitative estimate of drug-likeness (QED) is 0.783. The predicted octanol–water partition coefficient (Wildman–Crippen LogP) is 2.16. The smallest absolute Gasteiger partial charge is 0.0512 e. The first-order chi connectivity index (χ1) is 8.42. The van der Waals surface area contributed by atoms with Crippen molar-refractivity contribution in [3.8, 4) is 12.1 Å². The van der Waals surface area contributed by atoms with E-state index in [9.17, 15) is 0 Å². The highest BCUT2D eigenvalue weighted by molar-refractivity contribution is 5.82. The van der Waals surface area contributed by atoms with Crippen molar-refractivity contribution in [1.82, 2.24) is 10.2 Å². The predicted molar refractivity (Wildman–Crippen MR) is 70.1 cm³/mol. The summed E-state index contributed by atoms with van der Waals surface area (Å²) in [6.07, 6.45) is 0. The highest BCUT2D eigenvalue weighted by Crippen LogP contribution is 2.16. The van der Waals surface area contributed by atoms with Crippen molar-refractivity contribution in [3.05, 3.63) is 48.0 Å². The molecule has 2 aromatic rings. The van der Waals surface area contributed by atoms with Crippen molar-refractivity contribution < 1.29 is 0 Å². The molecule has 0 saturated heterocycles. The van der Waals surface area contributed by atoms with Crippen LogP contribution in [0.25, 0.3) is 10.8 Å². The zero-order chi connectivity index (χ0) is 11.5. The molecular weight excluding hydrogens is 208 g/mol. The van der Waals surface area contributed by atoms with Crippen molar-refractivity contribution >= 4 is 10.8 Å². The van der Waals surface area contributed by atoms with E-state index in [4.69, 9.17) is 0 Å². The number of nitrogens with one attached hydrogen (secondary N) is 1. The number of rotatable bonds is 2. The van der Waals surface area contributed by atoms with Gasteiger partial charge < -0.3 is 10.2 Å². The number of fused-ring (bicyclic) bond motifs is 1. The lowest BCUT2D eigenvalue weighted by atomic mass is 10.1. The molecular formula is C15H14N2. The average Bonchev–Trinajstić information content (AvgIpc) is 2.40. The van der Waals surface area contributed by atoms with Gasteiger partial charge in [0.25, 0.3) is 0 Å². The maximum atomic E-state index is 3.09.